The van der Waals surface area contributed by atoms with Crippen LogP contribution in [0, 0.1) is 0 Å². The zero-order valence-corrected chi connectivity index (χ0v) is 13.9. The minimum absolute atomic E-state index is 0.0277. The number of benzene rings is 2. The summed E-state index contributed by atoms with van der Waals surface area (Å²) in [6, 6.07) is 10.3. The number of alkyl halides is 3. The lowest BCUT2D eigenvalue weighted by molar-refractivity contribution is -0.146. The molecule has 136 valence electrons. The van der Waals surface area contributed by atoms with Gasteiger partial charge in [-0.2, -0.15) is 13.2 Å². The Balaban J connectivity index is 2.04. The third-order valence-corrected chi connectivity index (χ3v) is 4.31. The standard InChI is InChI=1S/C19H11F3N2O3/c1-24-16-13(23-18(24)19(20,21)22)7-6-12-14(26)8-15(27-17(12)16)11-4-2-10(9-25)3-5-11/h2-9H,1H3. The molecule has 2 aromatic carbocycles. The van der Waals surface area contributed by atoms with E-state index in [1.807, 2.05) is 0 Å². The molecule has 27 heavy (non-hydrogen) atoms. The van der Waals surface area contributed by atoms with E-state index in [9.17, 15) is 22.8 Å². The van der Waals surface area contributed by atoms with E-state index < -0.39 is 12.0 Å². The van der Waals surface area contributed by atoms with E-state index in [0.717, 1.165) is 4.57 Å². The van der Waals surface area contributed by atoms with Crippen molar-refractivity contribution in [2.75, 3.05) is 0 Å². The van der Waals surface area contributed by atoms with Crippen molar-refractivity contribution >= 4 is 28.3 Å². The minimum Gasteiger partial charge on any atom is -0.454 e. The molecule has 8 heteroatoms. The van der Waals surface area contributed by atoms with E-state index in [-0.39, 0.29) is 33.2 Å². The zero-order valence-electron chi connectivity index (χ0n) is 13.9. The van der Waals surface area contributed by atoms with Gasteiger partial charge in [0, 0.05) is 24.2 Å². The van der Waals surface area contributed by atoms with Crippen LogP contribution in [0.1, 0.15) is 16.2 Å². The van der Waals surface area contributed by atoms with E-state index >= 15 is 0 Å². The normalized spacial score (nSPS) is 12.0. The van der Waals surface area contributed by atoms with Crippen LogP contribution in [0.2, 0.25) is 0 Å². The molecular weight excluding hydrogens is 361 g/mol. The summed E-state index contributed by atoms with van der Waals surface area (Å²) in [5.41, 5.74) is 0.778. The van der Waals surface area contributed by atoms with E-state index in [1.54, 1.807) is 24.3 Å². The second kappa shape index (κ2) is 5.80. The topological polar surface area (TPSA) is 65.1 Å². The molecule has 5 nitrogen and oxygen atoms in total. The number of carbonyl (C=O) groups excluding carboxylic acids is 1. The Morgan fingerprint density at radius 3 is 2.44 bits per heavy atom. The number of hydrogen-bond acceptors (Lipinski definition) is 4. The first kappa shape index (κ1) is 17.0. The van der Waals surface area contributed by atoms with Gasteiger partial charge in [-0.3, -0.25) is 9.59 Å². The van der Waals surface area contributed by atoms with Crippen molar-refractivity contribution in [2.24, 2.45) is 7.05 Å². The molecule has 0 aliphatic carbocycles. The SMILES string of the molecule is Cn1c(C(F)(F)F)nc2ccc3c(=O)cc(-c4ccc(C=O)cc4)oc3c21. The van der Waals surface area contributed by atoms with Gasteiger partial charge in [0.2, 0.25) is 5.82 Å². The number of aldehydes is 1. The van der Waals surface area contributed by atoms with Gasteiger partial charge in [-0.25, -0.2) is 4.98 Å². The predicted octanol–water partition coefficient (Wildman–Crippen LogP) is 4.18. The van der Waals surface area contributed by atoms with E-state index in [2.05, 4.69) is 4.98 Å². The molecule has 0 amide bonds. The summed E-state index contributed by atoms with van der Waals surface area (Å²) in [4.78, 5) is 26.9. The van der Waals surface area contributed by atoms with Crippen molar-refractivity contribution in [3.8, 4) is 11.3 Å². The molecule has 0 aliphatic rings. The number of imidazole rings is 1. The fourth-order valence-corrected chi connectivity index (χ4v) is 3.03. The highest BCUT2D eigenvalue weighted by atomic mass is 19.4. The molecule has 0 radical (unpaired) electrons. The average Bonchev–Trinajstić information content (AvgIpc) is 2.99. The Hall–Kier alpha value is -3.42. The van der Waals surface area contributed by atoms with Crippen molar-refractivity contribution < 1.29 is 22.4 Å². The van der Waals surface area contributed by atoms with Gasteiger partial charge in [0.25, 0.3) is 0 Å². The Morgan fingerprint density at radius 2 is 1.81 bits per heavy atom. The minimum atomic E-state index is -4.64. The second-order valence-corrected chi connectivity index (χ2v) is 6.02. The van der Waals surface area contributed by atoms with Crippen molar-refractivity contribution in [3.63, 3.8) is 0 Å². The molecule has 0 bridgehead atoms. The van der Waals surface area contributed by atoms with Crippen LogP contribution < -0.4 is 5.43 Å². The van der Waals surface area contributed by atoms with E-state index in [4.69, 9.17) is 4.42 Å². The molecule has 0 fully saturated rings. The first-order chi connectivity index (χ1) is 12.8. The van der Waals surface area contributed by atoms with Crippen molar-refractivity contribution in [1.82, 2.24) is 9.55 Å². The zero-order chi connectivity index (χ0) is 19.3. The summed E-state index contributed by atoms with van der Waals surface area (Å²) in [5, 5.41) is 0.160. The van der Waals surface area contributed by atoms with Crippen LogP contribution in [0.25, 0.3) is 33.3 Å². The lowest BCUT2D eigenvalue weighted by atomic mass is 10.1. The fraction of sp³-hybridized carbons (Fsp3) is 0.105. The molecule has 0 N–H and O–H groups in total. The Morgan fingerprint density at radius 1 is 1.11 bits per heavy atom. The highest BCUT2D eigenvalue weighted by Gasteiger charge is 2.37. The smallest absolute Gasteiger partial charge is 0.449 e. The largest absolute Gasteiger partial charge is 0.454 e. The summed E-state index contributed by atoms with van der Waals surface area (Å²) in [6.07, 6.45) is -3.96. The summed E-state index contributed by atoms with van der Waals surface area (Å²) >= 11 is 0. The number of nitrogens with zero attached hydrogens (tertiary/aromatic N) is 2. The number of halogens is 3. The fourth-order valence-electron chi connectivity index (χ4n) is 3.03. The van der Waals surface area contributed by atoms with Gasteiger partial charge in [0.1, 0.15) is 17.6 Å². The van der Waals surface area contributed by atoms with Gasteiger partial charge >= 0.3 is 6.18 Å². The molecule has 0 unspecified atom stereocenters. The monoisotopic (exact) mass is 372 g/mol. The number of aryl methyl sites for hydroxylation is 1. The first-order valence-corrected chi connectivity index (χ1v) is 7.85. The van der Waals surface area contributed by atoms with Crippen LogP contribution in [0.3, 0.4) is 0 Å². The van der Waals surface area contributed by atoms with Gasteiger partial charge < -0.3 is 8.98 Å². The molecule has 2 heterocycles. The van der Waals surface area contributed by atoms with E-state index in [1.165, 1.54) is 25.2 Å². The number of rotatable bonds is 2. The Bertz CT molecular complexity index is 1250. The quantitative estimate of drug-likeness (QED) is 0.495. The summed E-state index contributed by atoms with van der Waals surface area (Å²) in [6.45, 7) is 0. The van der Waals surface area contributed by atoms with Crippen LogP contribution in [-0.2, 0) is 13.2 Å². The maximum Gasteiger partial charge on any atom is 0.449 e. The summed E-state index contributed by atoms with van der Waals surface area (Å²) in [7, 11) is 1.23. The molecule has 4 rings (SSSR count). The highest BCUT2D eigenvalue weighted by molar-refractivity contribution is 6.01. The molecule has 2 aromatic heterocycles. The third-order valence-electron chi connectivity index (χ3n) is 4.31. The predicted molar refractivity (Wildman–Crippen MR) is 92.6 cm³/mol. The van der Waals surface area contributed by atoms with Gasteiger partial charge in [0.05, 0.1) is 10.9 Å². The Kier molecular flexibility index (Phi) is 3.66. The van der Waals surface area contributed by atoms with Gasteiger partial charge in [-0.1, -0.05) is 24.3 Å². The average molecular weight is 372 g/mol. The van der Waals surface area contributed by atoms with Crippen LogP contribution in [-0.4, -0.2) is 15.8 Å². The van der Waals surface area contributed by atoms with Gasteiger partial charge in [-0.15, -0.1) is 0 Å². The maximum absolute atomic E-state index is 13.2. The number of aromatic nitrogens is 2. The molecular formula is C19H11F3N2O3. The van der Waals surface area contributed by atoms with E-state index in [0.29, 0.717) is 17.4 Å². The molecule has 0 saturated heterocycles. The summed E-state index contributed by atoms with van der Waals surface area (Å²) in [5.74, 6) is -0.888. The molecule has 0 atom stereocenters. The molecule has 0 saturated carbocycles. The Labute approximate surface area is 149 Å². The number of carbonyl (C=O) groups is 1. The lowest BCUT2D eigenvalue weighted by Gasteiger charge is -2.07. The molecule has 0 aliphatic heterocycles. The second-order valence-electron chi connectivity index (χ2n) is 6.02. The third kappa shape index (κ3) is 2.69. The number of fused-ring (bicyclic) bond motifs is 3. The molecule has 0 spiro atoms. The van der Waals surface area contributed by atoms with Crippen LogP contribution in [0.5, 0.6) is 0 Å². The first-order valence-electron chi connectivity index (χ1n) is 7.85. The lowest BCUT2D eigenvalue weighted by Crippen LogP contribution is -2.12. The van der Waals surface area contributed by atoms with Gasteiger partial charge in [-0.05, 0) is 12.1 Å². The van der Waals surface area contributed by atoms with Gasteiger partial charge in [0.15, 0.2) is 11.0 Å². The maximum atomic E-state index is 13.2. The van der Waals surface area contributed by atoms with Crippen molar-refractivity contribution in [3.05, 3.63) is 64.1 Å². The van der Waals surface area contributed by atoms with Crippen LogP contribution in [0.4, 0.5) is 13.2 Å². The van der Waals surface area contributed by atoms with Crippen molar-refractivity contribution in [1.29, 1.82) is 0 Å². The van der Waals surface area contributed by atoms with Crippen LogP contribution >= 0.6 is 0 Å². The summed E-state index contributed by atoms with van der Waals surface area (Å²) < 4.78 is 46.2. The molecule has 4 aromatic rings. The highest BCUT2D eigenvalue weighted by Crippen LogP contribution is 2.34. The van der Waals surface area contributed by atoms with Crippen LogP contribution in [0.15, 0.2) is 51.7 Å². The number of hydrogen-bond donors (Lipinski definition) is 0. The van der Waals surface area contributed by atoms with Crippen molar-refractivity contribution in [2.45, 2.75) is 6.18 Å².